The molecule has 0 saturated heterocycles. The maximum atomic E-state index is 13.8. The van der Waals surface area contributed by atoms with Crippen molar-refractivity contribution in [2.75, 3.05) is 72.0 Å². The number of anilines is 1. The molecule has 0 spiro atoms. The summed E-state index contributed by atoms with van der Waals surface area (Å²) in [5.41, 5.74) is 2.37. The van der Waals surface area contributed by atoms with Gasteiger partial charge in [0.05, 0.1) is 0 Å². The molecule has 1 aliphatic heterocycles. The number of ether oxygens (including phenoxy) is 2. The molecule has 8 heteroatoms. The molecule has 0 saturated carbocycles. The Kier molecular flexibility index (Phi) is 10.9. The minimum atomic E-state index is -0.0780. The lowest BCUT2D eigenvalue weighted by molar-refractivity contribution is -0.122. The van der Waals surface area contributed by atoms with Crippen molar-refractivity contribution in [1.82, 2.24) is 14.7 Å². The van der Waals surface area contributed by atoms with Crippen LogP contribution in [0.1, 0.15) is 36.2 Å². The molecular formula is C29H42N4O4. The van der Waals surface area contributed by atoms with E-state index in [1.807, 2.05) is 72.4 Å². The number of benzene rings is 2. The third-order valence-electron chi connectivity index (χ3n) is 6.60. The van der Waals surface area contributed by atoms with Gasteiger partial charge < -0.3 is 24.2 Å². The van der Waals surface area contributed by atoms with Crippen LogP contribution in [0.4, 0.5) is 5.69 Å². The molecule has 2 aromatic carbocycles. The number of nitrogens with zero attached hydrogens (tertiary/aromatic N) is 4. The summed E-state index contributed by atoms with van der Waals surface area (Å²) in [5.74, 6) is 0.558. The number of carbonyl (C=O) groups excluding carboxylic acids is 2. The van der Waals surface area contributed by atoms with Gasteiger partial charge in [0, 0.05) is 63.7 Å². The zero-order valence-corrected chi connectivity index (χ0v) is 23.0. The zero-order chi connectivity index (χ0) is 26.8. The number of hydrogen-bond donors (Lipinski definition) is 0. The monoisotopic (exact) mass is 510 g/mol. The lowest BCUT2D eigenvalue weighted by Gasteiger charge is -2.30. The first-order valence-corrected chi connectivity index (χ1v) is 13.1. The minimum absolute atomic E-state index is 0.0193. The van der Waals surface area contributed by atoms with Crippen molar-refractivity contribution >= 4 is 17.5 Å². The van der Waals surface area contributed by atoms with E-state index in [4.69, 9.17) is 9.47 Å². The van der Waals surface area contributed by atoms with E-state index in [-0.39, 0.29) is 18.4 Å². The molecule has 1 heterocycles. The maximum Gasteiger partial charge on any atom is 0.254 e. The average Bonchev–Trinajstić information content (AvgIpc) is 2.91. The summed E-state index contributed by atoms with van der Waals surface area (Å²) < 4.78 is 11.1. The standard InChI is InChI=1S/C29H42N4O4/c1-23(2)31-14-9-15-33(28(34)22-36-5)27-13-7-6-10-25(27)21-32(17-16-31)29(35)24-11-8-12-26(20-24)37-19-18-30(3)4/h6-8,10-13,20,23H,9,14-19,21-22H2,1-5H3. The second kappa shape index (κ2) is 14.1. The predicted molar refractivity (Wildman–Crippen MR) is 147 cm³/mol. The van der Waals surface area contributed by atoms with Crippen LogP contribution in [0.3, 0.4) is 0 Å². The van der Waals surface area contributed by atoms with E-state index in [1.165, 1.54) is 7.11 Å². The lowest BCUT2D eigenvalue weighted by Crippen LogP contribution is -2.41. The van der Waals surface area contributed by atoms with Crippen molar-refractivity contribution in [3.05, 3.63) is 59.7 Å². The van der Waals surface area contributed by atoms with Gasteiger partial charge in [0.15, 0.2) is 0 Å². The van der Waals surface area contributed by atoms with Crippen molar-refractivity contribution < 1.29 is 19.1 Å². The van der Waals surface area contributed by atoms with Gasteiger partial charge in [-0.1, -0.05) is 24.3 Å². The first kappa shape index (κ1) is 28.6. The van der Waals surface area contributed by atoms with Crippen LogP contribution in [0.25, 0.3) is 0 Å². The van der Waals surface area contributed by atoms with Gasteiger partial charge in [0.1, 0.15) is 19.0 Å². The Hall–Kier alpha value is -2.94. The molecular weight excluding hydrogens is 468 g/mol. The molecule has 1 aliphatic rings. The first-order chi connectivity index (χ1) is 17.8. The van der Waals surface area contributed by atoms with Crippen LogP contribution in [-0.4, -0.2) is 99.7 Å². The van der Waals surface area contributed by atoms with Gasteiger partial charge in [-0.3, -0.25) is 14.5 Å². The Morgan fingerprint density at radius 3 is 2.51 bits per heavy atom. The van der Waals surface area contributed by atoms with Crippen LogP contribution < -0.4 is 9.64 Å². The summed E-state index contributed by atoms with van der Waals surface area (Å²) in [7, 11) is 5.54. The van der Waals surface area contributed by atoms with E-state index in [1.54, 1.807) is 0 Å². The third-order valence-corrected chi connectivity index (χ3v) is 6.60. The second-order valence-electron chi connectivity index (χ2n) is 10.00. The smallest absolute Gasteiger partial charge is 0.254 e. The normalized spacial score (nSPS) is 15.4. The van der Waals surface area contributed by atoms with Crippen LogP contribution in [-0.2, 0) is 16.1 Å². The highest BCUT2D eigenvalue weighted by Crippen LogP contribution is 2.25. The number of methoxy groups -OCH3 is 1. The highest BCUT2D eigenvalue weighted by atomic mass is 16.5. The SMILES string of the molecule is COCC(=O)N1CCCN(C(C)C)CCN(C(=O)c2cccc(OCCN(C)C)c2)Cc2ccccc21. The van der Waals surface area contributed by atoms with Gasteiger partial charge in [0.25, 0.3) is 11.8 Å². The van der Waals surface area contributed by atoms with Crippen LogP contribution in [0, 0.1) is 0 Å². The maximum absolute atomic E-state index is 13.8. The van der Waals surface area contributed by atoms with Gasteiger partial charge in [-0.05, 0) is 64.2 Å². The minimum Gasteiger partial charge on any atom is -0.492 e. The van der Waals surface area contributed by atoms with Gasteiger partial charge in [-0.25, -0.2) is 0 Å². The zero-order valence-electron chi connectivity index (χ0n) is 23.0. The van der Waals surface area contributed by atoms with E-state index in [0.717, 1.165) is 37.3 Å². The van der Waals surface area contributed by atoms with Gasteiger partial charge in [-0.2, -0.15) is 0 Å². The third kappa shape index (κ3) is 8.28. The lowest BCUT2D eigenvalue weighted by atomic mass is 10.1. The Bertz CT molecular complexity index is 1030. The number of amides is 2. The van der Waals surface area contributed by atoms with Crippen LogP contribution in [0.2, 0.25) is 0 Å². The Morgan fingerprint density at radius 2 is 1.78 bits per heavy atom. The summed E-state index contributed by atoms with van der Waals surface area (Å²) in [4.78, 5) is 35.0. The number of fused-ring (bicyclic) bond motifs is 1. The molecule has 0 aromatic heterocycles. The first-order valence-electron chi connectivity index (χ1n) is 13.1. The number of likely N-dealkylation sites (N-methyl/N-ethyl adjacent to an activating group) is 1. The van der Waals surface area contributed by atoms with Crippen LogP contribution in [0.5, 0.6) is 5.75 Å². The molecule has 0 atom stereocenters. The summed E-state index contributed by atoms with van der Waals surface area (Å²) >= 11 is 0. The number of carbonyl (C=O) groups is 2. The van der Waals surface area contributed by atoms with Crippen molar-refractivity contribution in [1.29, 1.82) is 0 Å². The van der Waals surface area contributed by atoms with E-state index in [0.29, 0.717) is 43.6 Å². The topological polar surface area (TPSA) is 65.6 Å². The van der Waals surface area contributed by atoms with Gasteiger partial charge in [-0.15, -0.1) is 0 Å². The highest BCUT2D eigenvalue weighted by Gasteiger charge is 2.25. The van der Waals surface area contributed by atoms with E-state index in [2.05, 4.69) is 23.6 Å². The molecule has 3 rings (SSSR count). The predicted octanol–water partition coefficient (Wildman–Crippen LogP) is 3.36. The fourth-order valence-electron chi connectivity index (χ4n) is 4.50. The highest BCUT2D eigenvalue weighted by molar-refractivity contribution is 5.96. The molecule has 37 heavy (non-hydrogen) atoms. The quantitative estimate of drug-likeness (QED) is 0.543. The van der Waals surface area contributed by atoms with E-state index < -0.39 is 0 Å². The van der Waals surface area contributed by atoms with Crippen molar-refractivity contribution in [3.8, 4) is 5.75 Å². The van der Waals surface area contributed by atoms with Crippen LogP contribution in [0.15, 0.2) is 48.5 Å². The Morgan fingerprint density at radius 1 is 1.00 bits per heavy atom. The molecule has 0 radical (unpaired) electrons. The average molecular weight is 511 g/mol. The molecule has 0 N–H and O–H groups in total. The molecule has 202 valence electrons. The summed E-state index contributed by atoms with van der Waals surface area (Å²) in [5, 5.41) is 0. The molecule has 0 aliphatic carbocycles. The number of para-hydroxylation sites is 1. The molecule has 2 amide bonds. The van der Waals surface area contributed by atoms with Crippen molar-refractivity contribution in [2.45, 2.75) is 32.9 Å². The van der Waals surface area contributed by atoms with Crippen molar-refractivity contribution in [3.63, 3.8) is 0 Å². The summed E-state index contributed by atoms with van der Waals surface area (Å²) in [6, 6.07) is 15.6. The molecule has 0 fully saturated rings. The molecule has 8 nitrogen and oxygen atoms in total. The fourth-order valence-corrected chi connectivity index (χ4v) is 4.50. The Labute approximate surface area is 221 Å². The van der Waals surface area contributed by atoms with E-state index >= 15 is 0 Å². The number of rotatable bonds is 8. The van der Waals surface area contributed by atoms with Gasteiger partial charge >= 0.3 is 0 Å². The second-order valence-corrected chi connectivity index (χ2v) is 10.00. The van der Waals surface area contributed by atoms with Crippen LogP contribution >= 0.6 is 0 Å². The fraction of sp³-hybridized carbons (Fsp3) is 0.517. The Balaban J connectivity index is 1.92. The number of hydrogen-bond acceptors (Lipinski definition) is 6. The molecule has 0 unspecified atom stereocenters. The molecule has 0 bridgehead atoms. The summed E-state index contributed by atoms with van der Waals surface area (Å²) in [6.07, 6.45) is 0.836. The molecule has 2 aromatic rings. The van der Waals surface area contributed by atoms with Crippen molar-refractivity contribution in [2.24, 2.45) is 0 Å². The summed E-state index contributed by atoms with van der Waals surface area (Å²) in [6.45, 7) is 8.90. The van der Waals surface area contributed by atoms with Gasteiger partial charge in [0.2, 0.25) is 0 Å². The van der Waals surface area contributed by atoms with E-state index in [9.17, 15) is 9.59 Å². The largest absolute Gasteiger partial charge is 0.492 e.